The van der Waals surface area contributed by atoms with Crippen LogP contribution in [0.15, 0.2) is 52.0 Å². The molecule has 116 valence electrons. The molecule has 0 radical (unpaired) electrons. The van der Waals surface area contributed by atoms with Gasteiger partial charge in [0, 0.05) is 12.1 Å². The molecule has 2 heterocycles. The van der Waals surface area contributed by atoms with E-state index in [0.29, 0.717) is 20.5 Å². The molecule has 1 aromatic heterocycles. The lowest BCUT2D eigenvalue weighted by molar-refractivity contribution is -0.384. The molecule has 1 aliphatic rings. The van der Waals surface area contributed by atoms with Gasteiger partial charge in [-0.25, -0.2) is 0 Å². The van der Waals surface area contributed by atoms with E-state index >= 15 is 0 Å². The average Bonchev–Trinajstić information content (AvgIpc) is 3.12. The van der Waals surface area contributed by atoms with Crippen LogP contribution in [0.1, 0.15) is 11.3 Å². The van der Waals surface area contributed by atoms with Crippen molar-refractivity contribution in [2.45, 2.75) is 6.54 Å². The number of hydrogen-bond donors (Lipinski definition) is 0. The zero-order valence-corrected chi connectivity index (χ0v) is 13.3. The van der Waals surface area contributed by atoms with E-state index in [2.05, 4.69) is 0 Å². The van der Waals surface area contributed by atoms with Gasteiger partial charge in [-0.2, -0.15) is 0 Å². The molecule has 1 saturated heterocycles. The molecule has 1 amide bonds. The predicted octanol–water partition coefficient (Wildman–Crippen LogP) is 3.59. The Morgan fingerprint density at radius 1 is 1.30 bits per heavy atom. The van der Waals surface area contributed by atoms with Crippen molar-refractivity contribution in [3.05, 3.63) is 69.0 Å². The fraction of sp³-hybridized carbons (Fsp3) is 0.0667. The normalized spacial score (nSPS) is 16.3. The van der Waals surface area contributed by atoms with Crippen LogP contribution in [0.3, 0.4) is 0 Å². The van der Waals surface area contributed by atoms with Crippen molar-refractivity contribution in [1.29, 1.82) is 0 Å². The third-order valence-electron chi connectivity index (χ3n) is 3.17. The number of non-ortho nitro benzene ring substituents is 1. The van der Waals surface area contributed by atoms with Gasteiger partial charge in [0.05, 0.1) is 22.6 Å². The minimum absolute atomic E-state index is 0.00696. The van der Waals surface area contributed by atoms with Gasteiger partial charge in [-0.15, -0.1) is 0 Å². The number of benzene rings is 1. The average molecular weight is 346 g/mol. The summed E-state index contributed by atoms with van der Waals surface area (Å²) in [6.07, 6.45) is 3.21. The molecule has 3 rings (SSSR count). The van der Waals surface area contributed by atoms with Crippen molar-refractivity contribution in [2.24, 2.45) is 0 Å². The van der Waals surface area contributed by atoms with Crippen LogP contribution in [0, 0.1) is 10.1 Å². The number of nitro benzene ring substituents is 1. The second-order valence-electron chi connectivity index (χ2n) is 4.70. The van der Waals surface area contributed by atoms with Gasteiger partial charge in [-0.3, -0.25) is 19.8 Å². The Balaban J connectivity index is 1.79. The van der Waals surface area contributed by atoms with Crippen LogP contribution >= 0.6 is 24.0 Å². The van der Waals surface area contributed by atoms with E-state index in [1.165, 1.54) is 28.8 Å². The van der Waals surface area contributed by atoms with Crippen molar-refractivity contribution in [2.75, 3.05) is 0 Å². The lowest BCUT2D eigenvalue weighted by Crippen LogP contribution is -2.27. The first-order chi connectivity index (χ1) is 11.0. The van der Waals surface area contributed by atoms with Gasteiger partial charge in [0.15, 0.2) is 0 Å². The third kappa shape index (κ3) is 3.33. The van der Waals surface area contributed by atoms with E-state index < -0.39 is 4.92 Å². The molecule has 1 aliphatic heterocycles. The number of thioether (sulfide) groups is 1. The first-order valence-electron chi connectivity index (χ1n) is 6.57. The molecule has 6 nitrogen and oxygen atoms in total. The molecule has 0 bridgehead atoms. The monoisotopic (exact) mass is 346 g/mol. The Morgan fingerprint density at radius 3 is 2.65 bits per heavy atom. The number of nitro groups is 1. The minimum atomic E-state index is -0.466. The number of furan rings is 1. The smallest absolute Gasteiger partial charge is 0.269 e. The molecule has 1 fully saturated rings. The summed E-state index contributed by atoms with van der Waals surface area (Å²) in [5, 5.41) is 10.6. The first-order valence-corrected chi connectivity index (χ1v) is 7.79. The van der Waals surface area contributed by atoms with Crippen molar-refractivity contribution >= 4 is 46.0 Å². The van der Waals surface area contributed by atoms with Gasteiger partial charge >= 0.3 is 0 Å². The highest BCUT2D eigenvalue weighted by atomic mass is 32.2. The van der Waals surface area contributed by atoms with Gasteiger partial charge in [0.1, 0.15) is 10.1 Å². The van der Waals surface area contributed by atoms with Crippen LogP contribution in [0.25, 0.3) is 6.08 Å². The minimum Gasteiger partial charge on any atom is -0.467 e. The Kier molecular flexibility index (Phi) is 4.26. The lowest BCUT2D eigenvalue weighted by Gasteiger charge is -2.11. The summed E-state index contributed by atoms with van der Waals surface area (Å²) in [5.74, 6) is 0.452. The molecule has 0 atom stereocenters. The quantitative estimate of drug-likeness (QED) is 0.364. The topological polar surface area (TPSA) is 76.6 Å². The van der Waals surface area contributed by atoms with Crippen LogP contribution in [-0.2, 0) is 11.3 Å². The van der Waals surface area contributed by atoms with E-state index in [1.54, 1.807) is 36.6 Å². The number of rotatable bonds is 4. The summed E-state index contributed by atoms with van der Waals surface area (Å²) in [6.45, 7) is 0.287. The van der Waals surface area contributed by atoms with Crippen LogP contribution in [0.2, 0.25) is 0 Å². The second kappa shape index (κ2) is 6.35. The standard InChI is InChI=1S/C15H10N2O4S2/c18-14-13(8-10-3-5-11(6-4-10)17(19)20)23-15(22)16(14)9-12-2-1-7-21-12/h1-8H,9H2/b13-8-. The van der Waals surface area contributed by atoms with Gasteiger partial charge < -0.3 is 4.42 Å². The second-order valence-corrected chi connectivity index (χ2v) is 6.37. The zero-order valence-electron chi connectivity index (χ0n) is 11.7. The van der Waals surface area contributed by atoms with Crippen molar-refractivity contribution < 1.29 is 14.1 Å². The summed E-state index contributed by atoms with van der Waals surface area (Å²) in [4.78, 5) is 24.6. The van der Waals surface area contributed by atoms with E-state index in [4.69, 9.17) is 16.6 Å². The van der Waals surface area contributed by atoms with Gasteiger partial charge in [-0.1, -0.05) is 24.0 Å². The summed E-state index contributed by atoms with van der Waals surface area (Å²) in [6, 6.07) is 9.51. The zero-order chi connectivity index (χ0) is 16.4. The Hall–Kier alpha value is -2.45. The largest absolute Gasteiger partial charge is 0.467 e. The number of hydrogen-bond acceptors (Lipinski definition) is 6. The number of nitrogens with zero attached hydrogens (tertiary/aromatic N) is 2. The highest BCUT2D eigenvalue weighted by Gasteiger charge is 2.32. The summed E-state index contributed by atoms with van der Waals surface area (Å²) in [5.41, 5.74) is 0.710. The molecular formula is C15H10N2O4S2. The molecule has 0 spiro atoms. The number of carbonyl (C=O) groups is 1. The maximum atomic E-state index is 12.4. The Bertz CT molecular complexity index is 797. The predicted molar refractivity (Wildman–Crippen MR) is 90.5 cm³/mol. The number of carbonyl (C=O) groups excluding carboxylic acids is 1. The van der Waals surface area contributed by atoms with Crippen LogP contribution in [0.5, 0.6) is 0 Å². The molecule has 8 heteroatoms. The van der Waals surface area contributed by atoms with Crippen molar-refractivity contribution in [1.82, 2.24) is 4.90 Å². The molecule has 0 unspecified atom stereocenters. The highest BCUT2D eigenvalue weighted by Crippen LogP contribution is 2.33. The van der Waals surface area contributed by atoms with Crippen molar-refractivity contribution in [3.8, 4) is 0 Å². The van der Waals surface area contributed by atoms with Gasteiger partial charge in [0.2, 0.25) is 0 Å². The SMILES string of the molecule is O=C1/C(=C/c2ccc([N+](=O)[O-])cc2)SC(=S)N1Cc1ccco1. The van der Waals surface area contributed by atoms with Crippen molar-refractivity contribution in [3.63, 3.8) is 0 Å². The summed E-state index contributed by atoms with van der Waals surface area (Å²) >= 11 is 6.44. The maximum Gasteiger partial charge on any atom is 0.269 e. The molecule has 1 aromatic carbocycles. The lowest BCUT2D eigenvalue weighted by atomic mass is 10.2. The van der Waals surface area contributed by atoms with E-state index in [9.17, 15) is 14.9 Å². The Labute approximate surface area is 140 Å². The molecule has 0 aliphatic carbocycles. The Morgan fingerprint density at radius 2 is 2.04 bits per heavy atom. The fourth-order valence-electron chi connectivity index (χ4n) is 2.04. The van der Waals surface area contributed by atoms with Crippen LogP contribution in [0.4, 0.5) is 5.69 Å². The molecule has 0 saturated carbocycles. The third-order valence-corrected chi connectivity index (χ3v) is 4.55. The van der Waals surface area contributed by atoms with E-state index in [0.717, 1.165) is 0 Å². The molecular weight excluding hydrogens is 336 g/mol. The molecule has 23 heavy (non-hydrogen) atoms. The van der Waals surface area contributed by atoms with Gasteiger partial charge in [-0.05, 0) is 35.9 Å². The molecule has 0 N–H and O–H groups in total. The number of amides is 1. The fourth-order valence-corrected chi connectivity index (χ4v) is 3.29. The van der Waals surface area contributed by atoms with Gasteiger partial charge in [0.25, 0.3) is 11.6 Å². The highest BCUT2D eigenvalue weighted by molar-refractivity contribution is 8.26. The summed E-state index contributed by atoms with van der Waals surface area (Å²) < 4.78 is 5.69. The van der Waals surface area contributed by atoms with E-state index in [1.807, 2.05) is 0 Å². The first kappa shape index (κ1) is 15.4. The molecule has 2 aromatic rings. The van der Waals surface area contributed by atoms with Crippen LogP contribution < -0.4 is 0 Å². The van der Waals surface area contributed by atoms with Crippen LogP contribution in [-0.4, -0.2) is 20.1 Å². The summed E-state index contributed by atoms with van der Waals surface area (Å²) in [7, 11) is 0. The van der Waals surface area contributed by atoms with E-state index in [-0.39, 0.29) is 18.1 Å². The maximum absolute atomic E-state index is 12.4. The number of thiocarbonyl (C=S) groups is 1.